The van der Waals surface area contributed by atoms with Gasteiger partial charge in [-0.3, -0.25) is 0 Å². The Morgan fingerprint density at radius 3 is 0.768 bits per heavy atom. The van der Waals surface area contributed by atoms with E-state index in [1.165, 1.54) is 81.1 Å². The molecule has 0 amide bonds. The second-order valence-electron chi connectivity index (χ2n) is 19.0. The molecule has 6 aromatic carbocycles. The first-order valence-electron chi connectivity index (χ1n) is 24.6. The van der Waals surface area contributed by atoms with Gasteiger partial charge in [-0.1, -0.05) is 85.5 Å². The highest BCUT2D eigenvalue weighted by Crippen LogP contribution is 2.37. The van der Waals surface area contributed by atoms with Crippen molar-refractivity contribution in [2.24, 2.45) is 0 Å². The summed E-state index contributed by atoms with van der Waals surface area (Å²) in [5.74, 6) is -68.1. The average Bonchev–Trinajstić information content (AvgIpc) is 1.84. The van der Waals surface area contributed by atoms with Crippen molar-refractivity contribution in [1.29, 1.82) is 0 Å². The molecule has 0 N–H and O–H groups in total. The van der Waals surface area contributed by atoms with Gasteiger partial charge in [0.25, 0.3) is 5.77 Å². The number of ether oxygens (including phenoxy) is 2. The third-order valence-electron chi connectivity index (χ3n) is 14.3. The molecule has 0 spiro atoms. The lowest BCUT2D eigenvalue weighted by atomic mass is 9.12. The Labute approximate surface area is 470 Å². The van der Waals surface area contributed by atoms with E-state index in [1.54, 1.807) is 22.7 Å². The molecule has 0 saturated heterocycles. The van der Waals surface area contributed by atoms with Gasteiger partial charge in [0.15, 0.2) is 79.9 Å². The van der Waals surface area contributed by atoms with Crippen molar-refractivity contribution >= 4 is 50.7 Å². The van der Waals surface area contributed by atoms with Gasteiger partial charge >= 0.3 is 21.2 Å². The minimum absolute atomic E-state index is 0.234. The lowest BCUT2D eigenvalue weighted by molar-refractivity contribution is -0.585. The highest BCUT2D eigenvalue weighted by Gasteiger charge is 2.52. The van der Waals surface area contributed by atoms with E-state index in [0.717, 1.165) is 33.5 Å². The van der Waals surface area contributed by atoms with Crippen LogP contribution >= 0.6 is 22.7 Å². The standard InChI is InChI=1S/C32H34IO2S2.C24BF20/c1-3-7-23(8-4-1)25-11-15-27(16-12-25)34-31-21-19-29(36-31)33-30-20-22-32(37-30)35-28-17-13-26(14-18-28)24-9-5-2-6-10-24;26-5-1(6(27)14(35)21(42)13(5)34)25(2-7(28)15(36)22(43)16(37)8(2)29,3-9(30)17(38)23(44)18(39)10(3)31)4-11(32)19(40)24(45)20(41)12(4)33/h11-24H,1-10H2;/q+1;-1. The second kappa shape index (κ2) is 24.5. The monoisotopic (exact) mass is 1320 g/mol. The van der Waals surface area contributed by atoms with Crippen LogP contribution in [-0.4, -0.2) is 6.15 Å². The minimum Gasteiger partial charge on any atom is -0.447 e. The Bertz CT molecular complexity index is 3230. The molecule has 2 aliphatic rings. The van der Waals surface area contributed by atoms with Crippen molar-refractivity contribution in [3.8, 4) is 21.6 Å². The van der Waals surface area contributed by atoms with Gasteiger partial charge in [-0.15, -0.1) is 21.9 Å². The lowest BCUT2D eigenvalue weighted by Crippen LogP contribution is -3.61. The van der Waals surface area contributed by atoms with Gasteiger partial charge in [0.1, 0.15) is 64.2 Å². The third-order valence-corrected chi connectivity index (χ3v) is 20.0. The fourth-order valence-electron chi connectivity index (χ4n) is 10.5. The van der Waals surface area contributed by atoms with Gasteiger partial charge in [-0.25, -0.2) is 87.8 Å². The summed E-state index contributed by atoms with van der Waals surface area (Å²) in [6.45, 7) is 0. The maximum absolute atomic E-state index is 15.4. The maximum atomic E-state index is 15.4. The summed E-state index contributed by atoms with van der Waals surface area (Å²) in [6.07, 6.45) is 6.39. The van der Waals surface area contributed by atoms with Crippen LogP contribution < -0.4 is 52.5 Å². The number of hydrogen-bond donors (Lipinski definition) is 0. The highest BCUT2D eigenvalue weighted by atomic mass is 127. The van der Waals surface area contributed by atoms with Gasteiger partial charge in [-0.05, 0) is 85.0 Å². The van der Waals surface area contributed by atoms with Crippen molar-refractivity contribution in [2.45, 2.75) is 76.0 Å². The summed E-state index contributed by atoms with van der Waals surface area (Å²) >= 11 is 3.32. The van der Waals surface area contributed by atoms with Crippen LogP contribution in [0.5, 0.6) is 21.6 Å². The summed E-state index contributed by atoms with van der Waals surface area (Å²) < 4.78 is 309. The van der Waals surface area contributed by atoms with E-state index in [9.17, 15) is 52.7 Å². The number of thiophene rings is 2. The van der Waals surface area contributed by atoms with E-state index >= 15 is 35.1 Å². The second-order valence-corrected chi connectivity index (χ2v) is 25.4. The molecule has 10 rings (SSSR count). The average molecular weight is 1320 g/mol. The van der Waals surface area contributed by atoms with Gasteiger partial charge in [-0.2, -0.15) is 0 Å². The first-order chi connectivity index (χ1) is 39.0. The van der Waals surface area contributed by atoms with Gasteiger partial charge in [0, 0.05) is 12.1 Å². The lowest BCUT2D eigenvalue weighted by Gasteiger charge is -2.44. The first kappa shape index (κ1) is 60.3. The molecule has 2 fully saturated rings. The first-order valence-corrected chi connectivity index (χ1v) is 28.4. The van der Waals surface area contributed by atoms with E-state index in [-0.39, 0.29) is 21.2 Å². The molecule has 82 heavy (non-hydrogen) atoms. The molecule has 0 atom stereocenters. The molecule has 0 unspecified atom stereocenters. The predicted octanol–water partition coefficient (Wildman–Crippen LogP) is 13.5. The molecule has 432 valence electrons. The van der Waals surface area contributed by atoms with Crippen molar-refractivity contribution in [1.82, 2.24) is 0 Å². The Morgan fingerprint density at radius 1 is 0.293 bits per heavy atom. The largest absolute Gasteiger partial charge is 0.447 e. The molecular formula is C56H34BF20IO2S2. The summed E-state index contributed by atoms with van der Waals surface area (Å²) in [5, 5.41) is 1.96. The molecule has 2 aromatic heterocycles. The molecule has 0 bridgehead atoms. The minimum atomic E-state index is -7.22. The summed E-state index contributed by atoms with van der Waals surface area (Å²) in [5.41, 5.74) is -11.4. The molecule has 8 aromatic rings. The van der Waals surface area contributed by atoms with Crippen LogP contribution in [0.3, 0.4) is 0 Å². The topological polar surface area (TPSA) is 18.5 Å². The fraction of sp³-hybridized carbons (Fsp3) is 0.214. The maximum Gasteiger partial charge on any atom is 0.381 e. The van der Waals surface area contributed by atoms with Crippen LogP contribution in [-0.2, 0) is 0 Å². The molecule has 0 radical (unpaired) electrons. The zero-order valence-corrected chi connectivity index (χ0v) is 45.1. The summed E-state index contributed by atoms with van der Waals surface area (Å²) in [6, 6.07) is 26.3. The van der Waals surface area contributed by atoms with Crippen molar-refractivity contribution in [3.63, 3.8) is 0 Å². The molecule has 2 saturated carbocycles. The number of halogens is 21. The van der Waals surface area contributed by atoms with Crippen molar-refractivity contribution in [2.75, 3.05) is 0 Å². The number of rotatable bonds is 12. The zero-order chi connectivity index (χ0) is 59.2. The Hall–Kier alpha value is -6.29. The van der Waals surface area contributed by atoms with Crippen LogP contribution in [0.25, 0.3) is 0 Å². The van der Waals surface area contributed by atoms with Crippen molar-refractivity contribution < 1.29 is 118 Å². The molecular weight excluding hydrogens is 1290 g/mol. The zero-order valence-electron chi connectivity index (χ0n) is 41.3. The number of hydrogen-bond acceptors (Lipinski definition) is 4. The van der Waals surface area contributed by atoms with E-state index in [1.807, 2.05) is 0 Å². The van der Waals surface area contributed by atoms with Crippen LogP contribution in [0.15, 0.2) is 72.8 Å². The van der Waals surface area contributed by atoms with E-state index in [0.29, 0.717) is 0 Å². The highest BCUT2D eigenvalue weighted by molar-refractivity contribution is 7.20. The summed E-state index contributed by atoms with van der Waals surface area (Å²) in [4.78, 5) is 0. The van der Waals surface area contributed by atoms with Crippen LogP contribution in [0, 0.1) is 122 Å². The molecule has 26 heteroatoms. The third kappa shape index (κ3) is 11.1. The normalized spacial score (nSPS) is 14.3. The number of benzene rings is 6. The Morgan fingerprint density at radius 2 is 0.524 bits per heavy atom. The molecule has 2 heterocycles. The molecule has 2 nitrogen and oxygen atoms in total. The van der Waals surface area contributed by atoms with Gasteiger partial charge in [0.05, 0.1) is 0 Å². The SMILES string of the molecule is Fc1c(F)c(F)c([B-](c2c(F)c(F)c(F)c(F)c2F)(c2c(F)c(F)c(F)c(F)c2F)c2c(F)c(F)c(F)c(F)c2F)c(F)c1F.c1cc(C2CCCCC2)ccc1Oc1ccc([I+]c2ccc(Oc3ccc(C4CCCCC4)cc3)s2)s1. The van der Waals surface area contributed by atoms with Crippen molar-refractivity contribution in [3.05, 3.63) is 206 Å². The Balaban J connectivity index is 0.000000201. The van der Waals surface area contributed by atoms with Gasteiger partial charge in [0.2, 0.25) is 0 Å². The van der Waals surface area contributed by atoms with E-state index in [2.05, 4.69) is 72.8 Å². The molecule has 2 aliphatic carbocycles. The van der Waals surface area contributed by atoms with Crippen LogP contribution in [0.2, 0.25) is 0 Å². The molecule has 0 aliphatic heterocycles. The Kier molecular flexibility index (Phi) is 18.0. The van der Waals surface area contributed by atoms with Crippen LogP contribution in [0.1, 0.15) is 87.2 Å². The predicted molar refractivity (Wildman–Crippen MR) is 260 cm³/mol. The fourth-order valence-corrected chi connectivity index (χ4v) is 16.4. The quantitative estimate of drug-likeness (QED) is 0.0399. The smallest absolute Gasteiger partial charge is 0.381 e. The van der Waals surface area contributed by atoms with Gasteiger partial charge < -0.3 is 9.47 Å². The van der Waals surface area contributed by atoms with E-state index < -0.39 is 144 Å². The van der Waals surface area contributed by atoms with E-state index in [4.69, 9.17) is 9.47 Å². The van der Waals surface area contributed by atoms with Crippen LogP contribution in [0.4, 0.5) is 87.8 Å². The summed E-state index contributed by atoms with van der Waals surface area (Å²) in [7, 11) is 0.